The van der Waals surface area contributed by atoms with E-state index in [9.17, 15) is 13.2 Å². The molecule has 1 amide bonds. The molecule has 0 saturated carbocycles. The summed E-state index contributed by atoms with van der Waals surface area (Å²) in [5.74, 6) is -0.253. The second kappa shape index (κ2) is 6.98. The van der Waals surface area contributed by atoms with Gasteiger partial charge in [-0.2, -0.15) is 0 Å². The van der Waals surface area contributed by atoms with Crippen molar-refractivity contribution in [3.05, 3.63) is 71.1 Å². The lowest BCUT2D eigenvalue weighted by atomic mass is 10.2. The first-order valence-corrected chi connectivity index (χ1v) is 9.21. The minimum absolute atomic E-state index is 0.253. The standard InChI is InChI=1S/C18H18N2O3S/c21-18(20-12-10-16-8-4-5-9-17(16)20)14-19-24(22,23)13-11-15-6-2-1-3-7-15/h1-9,11,13,19H,10,12,14H2. The van der Waals surface area contributed by atoms with Gasteiger partial charge in [-0.25, -0.2) is 13.1 Å². The molecule has 3 rings (SSSR count). The second-order valence-electron chi connectivity index (χ2n) is 5.50. The molecule has 0 spiro atoms. The largest absolute Gasteiger partial charge is 0.311 e. The summed E-state index contributed by atoms with van der Waals surface area (Å²) in [5, 5.41) is 1.08. The summed E-state index contributed by atoms with van der Waals surface area (Å²) < 4.78 is 26.3. The van der Waals surface area contributed by atoms with E-state index in [0.717, 1.165) is 28.6 Å². The lowest BCUT2D eigenvalue weighted by Crippen LogP contribution is -2.38. The maximum atomic E-state index is 12.3. The van der Waals surface area contributed by atoms with Gasteiger partial charge in [-0.15, -0.1) is 0 Å². The monoisotopic (exact) mass is 342 g/mol. The van der Waals surface area contributed by atoms with Crippen LogP contribution in [0.3, 0.4) is 0 Å². The van der Waals surface area contributed by atoms with Crippen LogP contribution in [0.5, 0.6) is 0 Å². The number of hydrogen-bond acceptors (Lipinski definition) is 3. The molecule has 0 bridgehead atoms. The van der Waals surface area contributed by atoms with Crippen LogP contribution < -0.4 is 9.62 Å². The summed E-state index contributed by atoms with van der Waals surface area (Å²) in [6, 6.07) is 16.8. The van der Waals surface area contributed by atoms with E-state index in [1.54, 1.807) is 17.0 Å². The summed E-state index contributed by atoms with van der Waals surface area (Å²) in [7, 11) is -3.66. The Morgan fingerprint density at radius 3 is 2.58 bits per heavy atom. The Morgan fingerprint density at radius 2 is 1.79 bits per heavy atom. The van der Waals surface area contributed by atoms with Crippen molar-refractivity contribution in [1.82, 2.24) is 4.72 Å². The van der Waals surface area contributed by atoms with E-state index < -0.39 is 10.0 Å². The Morgan fingerprint density at radius 1 is 1.08 bits per heavy atom. The van der Waals surface area contributed by atoms with E-state index >= 15 is 0 Å². The molecule has 0 atom stereocenters. The fourth-order valence-electron chi connectivity index (χ4n) is 2.64. The van der Waals surface area contributed by atoms with Crippen LogP contribution in [0, 0.1) is 0 Å². The molecule has 124 valence electrons. The van der Waals surface area contributed by atoms with Gasteiger partial charge in [-0.3, -0.25) is 4.79 Å². The number of para-hydroxylation sites is 1. The molecule has 0 saturated heterocycles. The van der Waals surface area contributed by atoms with Crippen molar-refractivity contribution in [3.8, 4) is 0 Å². The highest BCUT2D eigenvalue weighted by Gasteiger charge is 2.24. The summed E-state index contributed by atoms with van der Waals surface area (Å²) in [6.07, 6.45) is 2.29. The number of hydrogen-bond donors (Lipinski definition) is 1. The summed E-state index contributed by atoms with van der Waals surface area (Å²) in [5.41, 5.74) is 2.75. The molecule has 5 nitrogen and oxygen atoms in total. The van der Waals surface area contributed by atoms with Crippen LogP contribution in [0.15, 0.2) is 60.0 Å². The van der Waals surface area contributed by atoms with Crippen molar-refractivity contribution < 1.29 is 13.2 Å². The van der Waals surface area contributed by atoms with Gasteiger partial charge in [-0.05, 0) is 29.7 Å². The minimum Gasteiger partial charge on any atom is -0.311 e. The Hall–Kier alpha value is -2.44. The van der Waals surface area contributed by atoms with E-state index in [0.29, 0.717) is 6.54 Å². The van der Waals surface area contributed by atoms with Gasteiger partial charge in [0.05, 0.1) is 6.54 Å². The minimum atomic E-state index is -3.66. The first-order valence-electron chi connectivity index (χ1n) is 7.66. The number of amides is 1. The van der Waals surface area contributed by atoms with E-state index in [4.69, 9.17) is 0 Å². The predicted octanol–water partition coefficient (Wildman–Crippen LogP) is 2.17. The maximum Gasteiger partial charge on any atom is 0.242 e. The first-order chi connectivity index (χ1) is 11.6. The molecule has 0 fully saturated rings. The zero-order valence-corrected chi connectivity index (χ0v) is 13.9. The Bertz CT molecular complexity index is 861. The van der Waals surface area contributed by atoms with Gasteiger partial charge in [0.25, 0.3) is 0 Å². The lowest BCUT2D eigenvalue weighted by molar-refractivity contribution is -0.117. The molecule has 0 aromatic heterocycles. The molecule has 2 aromatic rings. The Kier molecular flexibility index (Phi) is 4.78. The van der Waals surface area contributed by atoms with Crippen molar-refractivity contribution >= 4 is 27.7 Å². The van der Waals surface area contributed by atoms with Crippen molar-refractivity contribution in [3.63, 3.8) is 0 Å². The van der Waals surface area contributed by atoms with Crippen LogP contribution in [-0.2, 0) is 21.2 Å². The molecule has 0 aliphatic carbocycles. The highest BCUT2D eigenvalue weighted by molar-refractivity contribution is 7.92. The number of benzene rings is 2. The molecule has 1 aliphatic rings. The van der Waals surface area contributed by atoms with Crippen LogP contribution >= 0.6 is 0 Å². The van der Waals surface area contributed by atoms with Crippen molar-refractivity contribution in [1.29, 1.82) is 0 Å². The third kappa shape index (κ3) is 3.90. The fraction of sp³-hybridized carbons (Fsp3) is 0.167. The van der Waals surface area contributed by atoms with E-state index in [1.807, 2.05) is 42.5 Å². The highest BCUT2D eigenvalue weighted by Crippen LogP contribution is 2.27. The third-order valence-corrected chi connectivity index (χ3v) is 4.89. The molecular formula is C18H18N2O3S. The topological polar surface area (TPSA) is 66.5 Å². The highest BCUT2D eigenvalue weighted by atomic mass is 32.2. The summed E-state index contributed by atoms with van der Waals surface area (Å²) in [4.78, 5) is 13.9. The lowest BCUT2D eigenvalue weighted by Gasteiger charge is -2.17. The molecule has 1 N–H and O–H groups in total. The number of rotatable bonds is 5. The smallest absolute Gasteiger partial charge is 0.242 e. The van der Waals surface area contributed by atoms with Crippen LogP contribution in [0.25, 0.3) is 6.08 Å². The zero-order valence-electron chi connectivity index (χ0n) is 13.1. The van der Waals surface area contributed by atoms with Crippen LogP contribution in [0.4, 0.5) is 5.69 Å². The number of sulfonamides is 1. The van der Waals surface area contributed by atoms with Crippen molar-refractivity contribution in [2.45, 2.75) is 6.42 Å². The second-order valence-corrected chi connectivity index (χ2v) is 7.15. The van der Waals surface area contributed by atoms with Gasteiger partial charge < -0.3 is 4.90 Å². The summed E-state index contributed by atoms with van der Waals surface area (Å²) in [6.45, 7) is 0.329. The van der Waals surface area contributed by atoms with E-state index in [-0.39, 0.29) is 12.5 Å². The van der Waals surface area contributed by atoms with Gasteiger partial charge >= 0.3 is 0 Å². The van der Waals surface area contributed by atoms with Gasteiger partial charge in [0, 0.05) is 17.6 Å². The molecule has 6 heteroatoms. The Labute approximate surface area is 141 Å². The average molecular weight is 342 g/mol. The summed E-state index contributed by atoms with van der Waals surface area (Å²) >= 11 is 0. The Balaban J connectivity index is 1.61. The van der Waals surface area contributed by atoms with Crippen molar-refractivity contribution in [2.24, 2.45) is 0 Å². The molecule has 0 radical (unpaired) electrons. The van der Waals surface area contributed by atoms with Crippen LogP contribution in [-0.4, -0.2) is 27.4 Å². The quantitative estimate of drug-likeness (QED) is 0.905. The van der Waals surface area contributed by atoms with E-state index in [1.165, 1.54) is 6.08 Å². The van der Waals surface area contributed by atoms with Gasteiger partial charge in [0.1, 0.15) is 0 Å². The average Bonchev–Trinajstić information content (AvgIpc) is 3.03. The molecular weight excluding hydrogens is 324 g/mol. The van der Waals surface area contributed by atoms with Crippen molar-refractivity contribution in [2.75, 3.05) is 18.0 Å². The number of nitrogens with one attached hydrogen (secondary N) is 1. The molecule has 24 heavy (non-hydrogen) atoms. The molecule has 1 heterocycles. The maximum absolute atomic E-state index is 12.3. The predicted molar refractivity (Wildman–Crippen MR) is 94.9 cm³/mol. The number of fused-ring (bicyclic) bond motifs is 1. The normalized spacial score (nSPS) is 14.1. The number of carbonyl (C=O) groups excluding carboxylic acids is 1. The SMILES string of the molecule is O=C(CNS(=O)(=O)C=Cc1ccccc1)N1CCc2ccccc21. The number of carbonyl (C=O) groups is 1. The third-order valence-electron chi connectivity index (χ3n) is 3.85. The molecule has 0 unspecified atom stereocenters. The van der Waals surface area contributed by atoms with Crippen LogP contribution in [0.2, 0.25) is 0 Å². The van der Waals surface area contributed by atoms with Gasteiger partial charge in [-0.1, -0.05) is 48.5 Å². The van der Waals surface area contributed by atoms with E-state index in [2.05, 4.69) is 4.72 Å². The van der Waals surface area contributed by atoms with Crippen LogP contribution in [0.1, 0.15) is 11.1 Å². The zero-order chi connectivity index (χ0) is 17.0. The first kappa shape index (κ1) is 16.4. The fourth-order valence-corrected chi connectivity index (χ4v) is 3.39. The van der Waals surface area contributed by atoms with Gasteiger partial charge in [0.2, 0.25) is 15.9 Å². The number of anilines is 1. The van der Waals surface area contributed by atoms with Gasteiger partial charge in [0.15, 0.2) is 0 Å². The molecule has 2 aromatic carbocycles. The molecule has 1 aliphatic heterocycles. The number of nitrogens with zero attached hydrogens (tertiary/aromatic N) is 1.